The zero-order chi connectivity index (χ0) is 15.5. The summed E-state index contributed by atoms with van der Waals surface area (Å²) in [6.07, 6.45) is 3.35. The van der Waals surface area contributed by atoms with Crippen LogP contribution in [-0.4, -0.2) is 18.1 Å². The van der Waals surface area contributed by atoms with Gasteiger partial charge in [-0.3, -0.25) is 4.79 Å². The number of carbonyl (C=O) groups excluding carboxylic acids is 1. The highest BCUT2D eigenvalue weighted by Crippen LogP contribution is 2.31. The molecule has 21 heavy (non-hydrogen) atoms. The molecule has 0 aliphatic heterocycles. The first kappa shape index (κ1) is 15.7. The number of amides is 1. The predicted molar refractivity (Wildman–Crippen MR) is 76.3 cm³/mol. The minimum absolute atomic E-state index is 0.0525. The molecule has 1 aromatic rings. The number of hydrogen-bond donors (Lipinski definition) is 2. The number of nitrogens with two attached hydrogens (primary N) is 1. The average molecular weight is 298 g/mol. The third-order valence-corrected chi connectivity index (χ3v) is 3.82. The zero-order valence-corrected chi connectivity index (χ0v) is 11.9. The van der Waals surface area contributed by atoms with Gasteiger partial charge in [-0.15, -0.1) is 0 Å². The Morgan fingerprint density at radius 3 is 2.67 bits per heavy atom. The van der Waals surface area contributed by atoms with E-state index in [0.29, 0.717) is 24.4 Å². The molecule has 116 valence electrons. The molecular formula is C15H20F2N2O2. The molecule has 0 bridgehead atoms. The van der Waals surface area contributed by atoms with Crippen molar-refractivity contribution >= 4 is 11.6 Å². The van der Waals surface area contributed by atoms with Crippen molar-refractivity contribution in [1.29, 1.82) is 0 Å². The van der Waals surface area contributed by atoms with Gasteiger partial charge < -0.3 is 15.8 Å². The molecule has 0 heterocycles. The molecule has 1 amide bonds. The first-order valence-corrected chi connectivity index (χ1v) is 7.04. The molecule has 1 aliphatic rings. The third-order valence-electron chi connectivity index (χ3n) is 3.82. The van der Waals surface area contributed by atoms with Gasteiger partial charge in [0, 0.05) is 5.69 Å². The van der Waals surface area contributed by atoms with E-state index in [1.54, 1.807) is 0 Å². The number of anilines is 1. The van der Waals surface area contributed by atoms with Gasteiger partial charge in [0.25, 0.3) is 0 Å². The Balaban J connectivity index is 1.99. The van der Waals surface area contributed by atoms with Gasteiger partial charge in [0.05, 0.1) is 5.54 Å². The van der Waals surface area contributed by atoms with Crippen LogP contribution in [0.4, 0.5) is 14.5 Å². The summed E-state index contributed by atoms with van der Waals surface area (Å²) in [5, 5.41) is 2.75. The van der Waals surface area contributed by atoms with Crippen LogP contribution in [0.3, 0.4) is 0 Å². The number of benzene rings is 1. The van der Waals surface area contributed by atoms with Crippen molar-refractivity contribution in [3.05, 3.63) is 24.3 Å². The van der Waals surface area contributed by atoms with Gasteiger partial charge in [-0.25, -0.2) is 0 Å². The smallest absolute Gasteiger partial charge is 0.387 e. The van der Waals surface area contributed by atoms with Crippen molar-refractivity contribution in [2.45, 2.75) is 44.8 Å². The number of hydrogen-bond acceptors (Lipinski definition) is 3. The quantitative estimate of drug-likeness (QED) is 0.897. The Bertz CT molecular complexity index is 493. The summed E-state index contributed by atoms with van der Waals surface area (Å²) in [6, 6.07) is 5.80. The van der Waals surface area contributed by atoms with Crippen LogP contribution in [0.1, 0.15) is 32.6 Å². The molecule has 0 saturated heterocycles. The number of rotatable bonds is 4. The normalized spacial score (nSPS) is 25.7. The second-order valence-corrected chi connectivity index (χ2v) is 5.71. The highest BCUT2D eigenvalue weighted by atomic mass is 19.3. The van der Waals surface area contributed by atoms with E-state index in [0.717, 1.165) is 12.8 Å². The van der Waals surface area contributed by atoms with Gasteiger partial charge >= 0.3 is 6.61 Å². The average Bonchev–Trinajstić information content (AvgIpc) is 2.40. The summed E-state index contributed by atoms with van der Waals surface area (Å²) >= 11 is 0. The molecule has 2 atom stereocenters. The summed E-state index contributed by atoms with van der Waals surface area (Å²) in [7, 11) is 0. The van der Waals surface area contributed by atoms with Gasteiger partial charge in [-0.05, 0) is 43.0 Å². The fraction of sp³-hybridized carbons (Fsp3) is 0.533. The van der Waals surface area contributed by atoms with Crippen molar-refractivity contribution in [2.24, 2.45) is 11.7 Å². The molecule has 0 radical (unpaired) electrons. The van der Waals surface area contributed by atoms with Gasteiger partial charge in [-0.2, -0.15) is 8.78 Å². The maximum absolute atomic E-state index is 12.3. The molecule has 3 N–H and O–H groups in total. The van der Waals surface area contributed by atoms with E-state index in [2.05, 4.69) is 17.0 Å². The molecule has 4 nitrogen and oxygen atoms in total. The van der Waals surface area contributed by atoms with E-state index in [9.17, 15) is 13.6 Å². The maximum Gasteiger partial charge on any atom is 0.387 e. The molecule has 1 fully saturated rings. The fourth-order valence-electron chi connectivity index (χ4n) is 2.77. The SMILES string of the molecule is CC1CCCC(N)(C(=O)Nc2ccc(OC(F)F)cc2)C1. The van der Waals surface area contributed by atoms with Crippen molar-refractivity contribution in [3.63, 3.8) is 0 Å². The molecule has 0 spiro atoms. The topological polar surface area (TPSA) is 64.4 Å². The highest BCUT2D eigenvalue weighted by molar-refractivity contribution is 5.98. The van der Waals surface area contributed by atoms with E-state index < -0.39 is 12.2 Å². The second kappa shape index (κ2) is 6.39. The predicted octanol–water partition coefficient (Wildman–Crippen LogP) is 3.13. The van der Waals surface area contributed by atoms with Gasteiger partial charge in [0.1, 0.15) is 5.75 Å². The van der Waals surface area contributed by atoms with Crippen LogP contribution in [0.25, 0.3) is 0 Å². The lowest BCUT2D eigenvalue weighted by molar-refractivity contribution is -0.122. The van der Waals surface area contributed by atoms with Gasteiger partial charge in [-0.1, -0.05) is 19.8 Å². The second-order valence-electron chi connectivity index (χ2n) is 5.71. The summed E-state index contributed by atoms with van der Waals surface area (Å²) in [5.74, 6) is 0.254. The monoisotopic (exact) mass is 298 g/mol. The number of alkyl halides is 2. The Kier molecular flexibility index (Phi) is 4.77. The molecule has 1 aromatic carbocycles. The van der Waals surface area contributed by atoms with E-state index in [-0.39, 0.29) is 11.7 Å². The minimum atomic E-state index is -2.86. The molecule has 1 saturated carbocycles. The van der Waals surface area contributed by atoms with Gasteiger partial charge in [0.2, 0.25) is 5.91 Å². The van der Waals surface area contributed by atoms with Crippen LogP contribution >= 0.6 is 0 Å². The van der Waals surface area contributed by atoms with E-state index >= 15 is 0 Å². The van der Waals surface area contributed by atoms with Crippen molar-refractivity contribution in [1.82, 2.24) is 0 Å². The van der Waals surface area contributed by atoms with Gasteiger partial charge in [0.15, 0.2) is 0 Å². The minimum Gasteiger partial charge on any atom is -0.435 e. The third kappa shape index (κ3) is 4.14. The number of carbonyl (C=O) groups is 1. The molecule has 0 aromatic heterocycles. The highest BCUT2D eigenvalue weighted by Gasteiger charge is 2.37. The lowest BCUT2D eigenvalue weighted by Gasteiger charge is -2.35. The molecule has 1 aliphatic carbocycles. The number of halogens is 2. The van der Waals surface area contributed by atoms with Crippen LogP contribution in [0.15, 0.2) is 24.3 Å². The van der Waals surface area contributed by atoms with Crippen molar-refractivity contribution < 1.29 is 18.3 Å². The summed E-state index contributed by atoms with van der Waals surface area (Å²) in [5.41, 5.74) is 5.87. The summed E-state index contributed by atoms with van der Waals surface area (Å²) in [6.45, 7) is -0.772. The lowest BCUT2D eigenvalue weighted by atomic mass is 9.76. The molecule has 6 heteroatoms. The first-order valence-electron chi connectivity index (χ1n) is 7.04. The molecule has 2 unspecified atom stereocenters. The number of ether oxygens (including phenoxy) is 1. The van der Waals surface area contributed by atoms with Crippen LogP contribution in [-0.2, 0) is 4.79 Å². The first-order chi connectivity index (χ1) is 9.89. The van der Waals surface area contributed by atoms with E-state index in [1.165, 1.54) is 24.3 Å². The Morgan fingerprint density at radius 1 is 1.43 bits per heavy atom. The zero-order valence-electron chi connectivity index (χ0n) is 11.9. The largest absolute Gasteiger partial charge is 0.435 e. The van der Waals surface area contributed by atoms with E-state index in [4.69, 9.17) is 5.73 Å². The Hall–Kier alpha value is -1.69. The summed E-state index contributed by atoms with van der Waals surface area (Å²) in [4.78, 5) is 12.3. The summed E-state index contributed by atoms with van der Waals surface area (Å²) < 4.78 is 28.4. The van der Waals surface area contributed by atoms with Crippen LogP contribution in [0, 0.1) is 5.92 Å². The van der Waals surface area contributed by atoms with Crippen molar-refractivity contribution in [2.75, 3.05) is 5.32 Å². The van der Waals surface area contributed by atoms with Crippen molar-refractivity contribution in [3.8, 4) is 5.75 Å². The molecule has 2 rings (SSSR count). The van der Waals surface area contributed by atoms with E-state index in [1.807, 2.05) is 0 Å². The van der Waals surface area contributed by atoms with Crippen LogP contribution in [0.2, 0.25) is 0 Å². The Labute approximate surface area is 122 Å². The fourth-order valence-corrected chi connectivity index (χ4v) is 2.77. The van der Waals surface area contributed by atoms with Crippen LogP contribution < -0.4 is 15.8 Å². The maximum atomic E-state index is 12.3. The lowest BCUT2D eigenvalue weighted by Crippen LogP contribution is -2.53. The molecular weight excluding hydrogens is 278 g/mol. The number of nitrogens with one attached hydrogen (secondary N) is 1. The Morgan fingerprint density at radius 2 is 2.10 bits per heavy atom. The standard InChI is InChI=1S/C15H20F2N2O2/c1-10-3-2-8-15(18,9-10)13(20)19-11-4-6-12(7-5-11)21-14(16)17/h4-7,10,14H,2-3,8-9,18H2,1H3,(H,19,20). The van der Waals surface area contributed by atoms with Crippen LogP contribution in [0.5, 0.6) is 5.75 Å².